The maximum absolute atomic E-state index is 5.92. The first-order valence-electron chi connectivity index (χ1n) is 10.6. The molecule has 1 saturated carbocycles. The molecule has 3 atom stereocenters. The number of hydrogen-bond acceptors (Lipinski definition) is 3. The predicted molar refractivity (Wildman–Crippen MR) is 113 cm³/mol. The van der Waals surface area contributed by atoms with E-state index in [2.05, 4.69) is 50.4 Å². The van der Waals surface area contributed by atoms with E-state index in [0.29, 0.717) is 6.04 Å². The number of aromatic nitrogens is 2. The van der Waals surface area contributed by atoms with Gasteiger partial charge >= 0.3 is 0 Å². The Labute approximate surface area is 172 Å². The number of nitrogens with one attached hydrogen (secondary N) is 1. The number of ether oxygens (including phenoxy) is 1. The number of nitrogens with zero attached hydrogens (tertiary/aromatic N) is 3. The summed E-state index contributed by atoms with van der Waals surface area (Å²) in [5, 5.41) is 4.36. The van der Waals surface area contributed by atoms with Crippen LogP contribution in [0.4, 0.5) is 0 Å². The van der Waals surface area contributed by atoms with E-state index >= 15 is 0 Å². The fourth-order valence-corrected chi connectivity index (χ4v) is 5.32. The minimum atomic E-state index is 0.0644. The van der Waals surface area contributed by atoms with Gasteiger partial charge in [-0.05, 0) is 61.7 Å². The first-order valence-corrected chi connectivity index (χ1v) is 11.0. The molecule has 0 spiro atoms. The molecule has 2 saturated heterocycles. The molecule has 3 aliphatic rings. The van der Waals surface area contributed by atoms with E-state index in [1.54, 1.807) is 0 Å². The summed E-state index contributed by atoms with van der Waals surface area (Å²) in [7, 11) is 0. The zero-order valence-electron chi connectivity index (χ0n) is 16.2. The van der Waals surface area contributed by atoms with Gasteiger partial charge in [0.1, 0.15) is 0 Å². The fraction of sp³-hybridized carbons (Fsp3) is 0.545. The van der Waals surface area contributed by atoms with Crippen molar-refractivity contribution < 1.29 is 4.74 Å². The third kappa shape index (κ3) is 3.44. The Hall–Kier alpha value is -1.92. The number of hydrogen-bond donors (Lipinski definition) is 1. The molecule has 6 heteroatoms. The molecule has 1 aliphatic carbocycles. The van der Waals surface area contributed by atoms with Gasteiger partial charge in [0.15, 0.2) is 5.11 Å². The standard InChI is InChI=1S/C22H28N4OS/c28-22-24-20(19-9-3-4-11-23-19)21(26(22)15-18-8-5-13-27-18)16-10-12-25(14-16)17-6-1-2-7-17/h3-4,9-12,14,17-18,20-21H,1-2,5-8,13,15H2,(H,24,28). The first-order chi connectivity index (χ1) is 13.8. The Morgan fingerprint density at radius 3 is 2.79 bits per heavy atom. The Morgan fingerprint density at radius 1 is 1.14 bits per heavy atom. The minimum Gasteiger partial charge on any atom is -0.376 e. The molecule has 0 bridgehead atoms. The second kappa shape index (κ2) is 7.84. The summed E-state index contributed by atoms with van der Waals surface area (Å²) in [5.74, 6) is 0. The van der Waals surface area contributed by atoms with Crippen molar-refractivity contribution in [3.05, 3.63) is 54.1 Å². The van der Waals surface area contributed by atoms with Crippen LogP contribution >= 0.6 is 12.2 Å². The molecule has 0 amide bonds. The number of thiocarbonyl (C=S) groups is 1. The minimum absolute atomic E-state index is 0.0644. The lowest BCUT2D eigenvalue weighted by molar-refractivity contribution is 0.0842. The van der Waals surface area contributed by atoms with Crippen molar-refractivity contribution >= 4 is 17.3 Å². The summed E-state index contributed by atoms with van der Waals surface area (Å²) in [6.45, 7) is 1.71. The van der Waals surface area contributed by atoms with Gasteiger partial charge in [-0.2, -0.15) is 0 Å². The largest absolute Gasteiger partial charge is 0.376 e. The zero-order valence-corrected chi connectivity index (χ0v) is 17.0. The van der Waals surface area contributed by atoms with E-state index in [-0.39, 0.29) is 18.2 Å². The lowest BCUT2D eigenvalue weighted by Gasteiger charge is -2.29. The van der Waals surface area contributed by atoms with Crippen LogP contribution in [0.1, 0.15) is 67.9 Å². The number of rotatable bonds is 5. The summed E-state index contributed by atoms with van der Waals surface area (Å²) in [4.78, 5) is 6.97. The smallest absolute Gasteiger partial charge is 0.170 e. The highest BCUT2D eigenvalue weighted by Gasteiger charge is 2.41. The van der Waals surface area contributed by atoms with Crippen molar-refractivity contribution in [3.63, 3.8) is 0 Å². The van der Waals surface area contributed by atoms with Crippen LogP contribution < -0.4 is 5.32 Å². The van der Waals surface area contributed by atoms with E-state index in [1.165, 1.54) is 31.2 Å². The fourth-order valence-electron chi connectivity index (χ4n) is 5.01. The van der Waals surface area contributed by atoms with Crippen LogP contribution in [-0.2, 0) is 4.74 Å². The van der Waals surface area contributed by atoms with Crippen LogP contribution in [0.25, 0.3) is 0 Å². The van der Waals surface area contributed by atoms with E-state index in [9.17, 15) is 0 Å². The predicted octanol–water partition coefficient (Wildman–Crippen LogP) is 4.15. The van der Waals surface area contributed by atoms with Crippen molar-refractivity contribution in [2.45, 2.75) is 62.8 Å². The Kier molecular flexibility index (Phi) is 5.07. The molecular weight excluding hydrogens is 368 g/mol. The van der Waals surface area contributed by atoms with Gasteiger partial charge in [0.2, 0.25) is 0 Å². The molecule has 0 radical (unpaired) electrons. The van der Waals surface area contributed by atoms with Crippen LogP contribution in [-0.4, -0.2) is 38.8 Å². The Bertz CT molecular complexity index is 811. The molecule has 2 aromatic heterocycles. The first kappa shape index (κ1) is 18.1. The molecule has 0 aromatic carbocycles. The van der Waals surface area contributed by atoms with Crippen LogP contribution in [0.3, 0.4) is 0 Å². The van der Waals surface area contributed by atoms with E-state index in [4.69, 9.17) is 17.0 Å². The molecule has 2 aromatic rings. The molecule has 4 heterocycles. The summed E-state index contributed by atoms with van der Waals surface area (Å²) >= 11 is 5.77. The van der Waals surface area contributed by atoms with Crippen LogP contribution in [0.5, 0.6) is 0 Å². The maximum atomic E-state index is 5.92. The van der Waals surface area contributed by atoms with Gasteiger partial charge in [-0.15, -0.1) is 0 Å². The molecule has 5 nitrogen and oxygen atoms in total. The molecule has 2 aliphatic heterocycles. The molecule has 148 valence electrons. The van der Waals surface area contributed by atoms with Gasteiger partial charge in [0, 0.05) is 37.8 Å². The molecule has 5 rings (SSSR count). The Balaban J connectivity index is 1.47. The quantitative estimate of drug-likeness (QED) is 0.769. The highest BCUT2D eigenvalue weighted by Crippen LogP contribution is 2.40. The van der Waals surface area contributed by atoms with Gasteiger partial charge < -0.3 is 19.5 Å². The lowest BCUT2D eigenvalue weighted by atomic mass is 9.99. The third-order valence-electron chi connectivity index (χ3n) is 6.45. The van der Waals surface area contributed by atoms with Crippen molar-refractivity contribution in [3.8, 4) is 0 Å². The molecule has 28 heavy (non-hydrogen) atoms. The van der Waals surface area contributed by atoms with Crippen LogP contribution in [0, 0.1) is 0 Å². The SMILES string of the molecule is S=C1NC(c2ccccn2)C(c2ccn(C3CCCC3)c2)N1CC1CCCO1. The van der Waals surface area contributed by atoms with Gasteiger partial charge in [0.25, 0.3) is 0 Å². The van der Waals surface area contributed by atoms with E-state index in [0.717, 1.165) is 36.8 Å². The van der Waals surface area contributed by atoms with Crippen LogP contribution in [0.15, 0.2) is 42.9 Å². The average molecular weight is 397 g/mol. The van der Waals surface area contributed by atoms with Crippen LogP contribution in [0.2, 0.25) is 0 Å². The molecule has 3 fully saturated rings. The van der Waals surface area contributed by atoms with Gasteiger partial charge in [-0.3, -0.25) is 4.98 Å². The number of pyridine rings is 1. The lowest BCUT2D eigenvalue weighted by Crippen LogP contribution is -2.36. The summed E-state index contributed by atoms with van der Waals surface area (Å²) in [5.41, 5.74) is 2.35. The van der Waals surface area contributed by atoms with Crippen molar-refractivity contribution in [1.82, 2.24) is 19.8 Å². The average Bonchev–Trinajstić information content (AvgIpc) is 3.51. The topological polar surface area (TPSA) is 42.3 Å². The summed E-state index contributed by atoms with van der Waals surface area (Å²) in [6.07, 6.45) is 14.3. The normalized spacial score (nSPS) is 28.2. The monoisotopic (exact) mass is 396 g/mol. The van der Waals surface area contributed by atoms with Gasteiger partial charge in [-0.25, -0.2) is 0 Å². The summed E-state index contributed by atoms with van der Waals surface area (Å²) in [6, 6.07) is 9.25. The van der Waals surface area contributed by atoms with Gasteiger partial charge in [-0.1, -0.05) is 18.9 Å². The molecule has 3 unspecified atom stereocenters. The highest BCUT2D eigenvalue weighted by atomic mass is 32.1. The zero-order chi connectivity index (χ0) is 18.9. The summed E-state index contributed by atoms with van der Waals surface area (Å²) < 4.78 is 8.35. The second-order valence-corrected chi connectivity index (χ2v) is 8.63. The van der Waals surface area contributed by atoms with E-state index < -0.39 is 0 Å². The molecular formula is C22H28N4OS. The van der Waals surface area contributed by atoms with Crippen molar-refractivity contribution in [2.75, 3.05) is 13.2 Å². The van der Waals surface area contributed by atoms with Crippen molar-refractivity contribution in [2.24, 2.45) is 0 Å². The maximum Gasteiger partial charge on any atom is 0.170 e. The van der Waals surface area contributed by atoms with E-state index in [1.807, 2.05) is 12.3 Å². The van der Waals surface area contributed by atoms with Crippen molar-refractivity contribution in [1.29, 1.82) is 0 Å². The van der Waals surface area contributed by atoms with Gasteiger partial charge in [0.05, 0.1) is 23.9 Å². The third-order valence-corrected chi connectivity index (χ3v) is 6.80. The Morgan fingerprint density at radius 2 is 2.04 bits per heavy atom. The highest BCUT2D eigenvalue weighted by molar-refractivity contribution is 7.80. The second-order valence-electron chi connectivity index (χ2n) is 8.24. The molecule has 1 N–H and O–H groups in total.